The van der Waals surface area contributed by atoms with Crippen molar-refractivity contribution >= 4 is 0 Å². The van der Waals surface area contributed by atoms with E-state index >= 15 is 0 Å². The van der Waals surface area contributed by atoms with Crippen molar-refractivity contribution in [2.45, 2.75) is 25.1 Å². The molecule has 0 spiro atoms. The molecule has 1 aliphatic rings. The minimum absolute atomic E-state index is 0.0748. The Morgan fingerprint density at radius 3 is 2.79 bits per heavy atom. The summed E-state index contributed by atoms with van der Waals surface area (Å²) in [5.74, 6) is 0.224. The van der Waals surface area contributed by atoms with Crippen molar-refractivity contribution in [3.05, 3.63) is 35.4 Å². The summed E-state index contributed by atoms with van der Waals surface area (Å²) in [7, 11) is 2.02. The highest BCUT2D eigenvalue weighted by atomic mass is 19.4. The number of benzene rings is 1. The molecule has 5 heteroatoms. The molecular formula is C14H19F3N2. The van der Waals surface area contributed by atoms with E-state index in [1.165, 1.54) is 12.1 Å². The Hall–Kier alpha value is -1.07. The Kier molecular flexibility index (Phi) is 4.16. The molecule has 19 heavy (non-hydrogen) atoms. The molecule has 1 aliphatic heterocycles. The van der Waals surface area contributed by atoms with Crippen LogP contribution in [0.1, 0.15) is 17.5 Å². The average Bonchev–Trinajstić information content (AvgIpc) is 2.33. The first-order valence-corrected chi connectivity index (χ1v) is 6.46. The molecule has 0 aliphatic carbocycles. The monoisotopic (exact) mass is 272 g/mol. The van der Waals surface area contributed by atoms with E-state index in [1.807, 2.05) is 7.05 Å². The zero-order valence-electron chi connectivity index (χ0n) is 11.0. The SMILES string of the molecule is CN1CCC(N)C(Cc2cccc(C(F)(F)F)c2)C1. The van der Waals surface area contributed by atoms with E-state index in [2.05, 4.69) is 4.90 Å². The van der Waals surface area contributed by atoms with Crippen LogP contribution in [0.4, 0.5) is 13.2 Å². The number of hydrogen-bond donors (Lipinski definition) is 1. The maximum atomic E-state index is 12.7. The van der Waals surface area contributed by atoms with Crippen molar-refractivity contribution < 1.29 is 13.2 Å². The number of hydrogen-bond acceptors (Lipinski definition) is 2. The molecule has 2 unspecified atom stereocenters. The van der Waals surface area contributed by atoms with E-state index in [0.29, 0.717) is 12.0 Å². The molecule has 106 valence electrons. The van der Waals surface area contributed by atoms with Gasteiger partial charge in [0.1, 0.15) is 0 Å². The molecule has 0 amide bonds. The van der Waals surface area contributed by atoms with Gasteiger partial charge in [-0.2, -0.15) is 13.2 Å². The lowest BCUT2D eigenvalue weighted by Crippen LogP contribution is -2.46. The van der Waals surface area contributed by atoms with E-state index in [0.717, 1.165) is 25.6 Å². The molecule has 0 aromatic heterocycles. The number of piperidine rings is 1. The summed E-state index contributed by atoms with van der Waals surface area (Å²) in [5.41, 5.74) is 6.20. The molecule has 1 aromatic carbocycles. The van der Waals surface area contributed by atoms with Gasteiger partial charge < -0.3 is 10.6 Å². The summed E-state index contributed by atoms with van der Waals surface area (Å²) < 4.78 is 38.0. The second-order valence-electron chi connectivity index (χ2n) is 5.38. The van der Waals surface area contributed by atoms with Crippen LogP contribution in [0.15, 0.2) is 24.3 Å². The Bertz CT molecular complexity index is 431. The Morgan fingerprint density at radius 2 is 2.11 bits per heavy atom. The standard InChI is InChI=1S/C14H19F3N2/c1-19-6-5-13(18)11(9-19)7-10-3-2-4-12(8-10)14(15,16)17/h2-4,8,11,13H,5-7,9,18H2,1H3. The smallest absolute Gasteiger partial charge is 0.327 e. The zero-order valence-corrected chi connectivity index (χ0v) is 11.0. The van der Waals surface area contributed by atoms with Crippen molar-refractivity contribution in [1.82, 2.24) is 4.90 Å². The van der Waals surface area contributed by atoms with Crippen LogP contribution in [-0.2, 0) is 12.6 Å². The minimum Gasteiger partial charge on any atom is -0.327 e. The summed E-state index contributed by atoms with van der Waals surface area (Å²) in [6, 6.07) is 5.63. The molecule has 0 saturated carbocycles. The fourth-order valence-electron chi connectivity index (χ4n) is 2.63. The molecule has 0 radical (unpaired) electrons. The van der Waals surface area contributed by atoms with Gasteiger partial charge in [0.05, 0.1) is 5.56 Å². The van der Waals surface area contributed by atoms with E-state index in [4.69, 9.17) is 5.73 Å². The largest absolute Gasteiger partial charge is 0.416 e. The van der Waals surface area contributed by atoms with E-state index in [1.54, 1.807) is 6.07 Å². The third-order valence-electron chi connectivity index (χ3n) is 3.75. The second-order valence-corrected chi connectivity index (χ2v) is 5.38. The van der Waals surface area contributed by atoms with E-state index < -0.39 is 11.7 Å². The third-order valence-corrected chi connectivity index (χ3v) is 3.75. The Balaban J connectivity index is 2.10. The number of rotatable bonds is 2. The maximum Gasteiger partial charge on any atom is 0.416 e. The molecule has 1 aromatic rings. The fourth-order valence-corrected chi connectivity index (χ4v) is 2.63. The lowest BCUT2D eigenvalue weighted by molar-refractivity contribution is -0.137. The summed E-state index contributed by atoms with van der Waals surface area (Å²) in [6.07, 6.45) is -2.77. The molecule has 2 rings (SSSR count). The summed E-state index contributed by atoms with van der Waals surface area (Å²) >= 11 is 0. The number of likely N-dealkylation sites (tertiary alicyclic amines) is 1. The number of halogens is 3. The van der Waals surface area contributed by atoms with Crippen molar-refractivity contribution in [2.24, 2.45) is 11.7 Å². The molecule has 2 N–H and O–H groups in total. The molecule has 2 atom stereocenters. The number of alkyl halides is 3. The molecule has 1 saturated heterocycles. The highest BCUT2D eigenvalue weighted by Crippen LogP contribution is 2.30. The van der Waals surface area contributed by atoms with Crippen molar-refractivity contribution in [2.75, 3.05) is 20.1 Å². The molecular weight excluding hydrogens is 253 g/mol. The first-order chi connectivity index (χ1) is 8.86. The highest BCUT2D eigenvalue weighted by molar-refractivity contribution is 5.26. The number of nitrogens with two attached hydrogens (primary N) is 1. The van der Waals surface area contributed by atoms with Crippen molar-refractivity contribution in [1.29, 1.82) is 0 Å². The molecule has 0 bridgehead atoms. The topological polar surface area (TPSA) is 29.3 Å². The normalized spacial score (nSPS) is 25.5. The second kappa shape index (κ2) is 5.51. The van der Waals surface area contributed by atoms with Crippen LogP contribution in [0.2, 0.25) is 0 Å². The van der Waals surface area contributed by atoms with Crippen LogP contribution >= 0.6 is 0 Å². The molecule has 2 nitrogen and oxygen atoms in total. The predicted octanol–water partition coefficient (Wildman–Crippen LogP) is 2.53. The van der Waals surface area contributed by atoms with Crippen molar-refractivity contribution in [3.8, 4) is 0 Å². The van der Waals surface area contributed by atoms with Crippen LogP contribution in [0, 0.1) is 5.92 Å². The quantitative estimate of drug-likeness (QED) is 0.896. The molecule has 1 fully saturated rings. The predicted molar refractivity (Wildman–Crippen MR) is 68.7 cm³/mol. The van der Waals surface area contributed by atoms with Gasteiger partial charge in [-0.3, -0.25) is 0 Å². The van der Waals surface area contributed by atoms with E-state index in [-0.39, 0.29) is 12.0 Å². The van der Waals surface area contributed by atoms with Crippen LogP contribution in [0.3, 0.4) is 0 Å². The lowest BCUT2D eigenvalue weighted by atomic mass is 9.87. The van der Waals surface area contributed by atoms with Crippen LogP contribution in [0.5, 0.6) is 0 Å². The van der Waals surface area contributed by atoms with Gasteiger partial charge in [-0.25, -0.2) is 0 Å². The van der Waals surface area contributed by atoms with Gasteiger partial charge in [-0.05, 0) is 44.0 Å². The van der Waals surface area contributed by atoms with Gasteiger partial charge in [0.15, 0.2) is 0 Å². The first-order valence-electron chi connectivity index (χ1n) is 6.46. The summed E-state index contributed by atoms with van der Waals surface area (Å²) in [4.78, 5) is 2.18. The molecule has 1 heterocycles. The Labute approximate surface area is 111 Å². The minimum atomic E-state index is -4.28. The van der Waals surface area contributed by atoms with Gasteiger partial charge >= 0.3 is 6.18 Å². The summed E-state index contributed by atoms with van der Waals surface area (Å²) in [5, 5.41) is 0. The van der Waals surface area contributed by atoms with Crippen LogP contribution in [-0.4, -0.2) is 31.1 Å². The van der Waals surface area contributed by atoms with Gasteiger partial charge in [0, 0.05) is 12.6 Å². The van der Waals surface area contributed by atoms with E-state index in [9.17, 15) is 13.2 Å². The van der Waals surface area contributed by atoms with Gasteiger partial charge in [0.2, 0.25) is 0 Å². The fraction of sp³-hybridized carbons (Fsp3) is 0.571. The van der Waals surface area contributed by atoms with Crippen LogP contribution < -0.4 is 5.73 Å². The maximum absolute atomic E-state index is 12.7. The zero-order chi connectivity index (χ0) is 14.0. The number of nitrogens with zero attached hydrogens (tertiary/aromatic N) is 1. The lowest BCUT2D eigenvalue weighted by Gasteiger charge is -2.34. The Morgan fingerprint density at radius 1 is 1.37 bits per heavy atom. The van der Waals surface area contributed by atoms with Crippen molar-refractivity contribution in [3.63, 3.8) is 0 Å². The van der Waals surface area contributed by atoms with Gasteiger partial charge in [-0.1, -0.05) is 18.2 Å². The highest BCUT2D eigenvalue weighted by Gasteiger charge is 2.31. The first kappa shape index (κ1) is 14.3. The third kappa shape index (κ3) is 3.70. The van der Waals surface area contributed by atoms with Gasteiger partial charge in [0.25, 0.3) is 0 Å². The average molecular weight is 272 g/mol. The summed E-state index contributed by atoms with van der Waals surface area (Å²) in [6.45, 7) is 1.80. The van der Waals surface area contributed by atoms with Crippen LogP contribution in [0.25, 0.3) is 0 Å². The van der Waals surface area contributed by atoms with Gasteiger partial charge in [-0.15, -0.1) is 0 Å².